The number of likely N-dealkylation sites (tertiary alicyclic amines) is 1. The van der Waals surface area contributed by atoms with E-state index in [4.69, 9.17) is 0 Å². The fourth-order valence-corrected chi connectivity index (χ4v) is 3.59. The summed E-state index contributed by atoms with van der Waals surface area (Å²) in [5, 5.41) is 9.63. The molecule has 1 fully saturated rings. The molecule has 1 amide bonds. The van der Waals surface area contributed by atoms with Crippen molar-refractivity contribution in [3.05, 3.63) is 30.1 Å². The Labute approximate surface area is 169 Å². The number of pyridine rings is 1. The third-order valence-corrected chi connectivity index (χ3v) is 5.21. The van der Waals surface area contributed by atoms with Crippen LogP contribution in [0.1, 0.15) is 49.9 Å². The van der Waals surface area contributed by atoms with Crippen LogP contribution in [-0.2, 0) is 0 Å². The van der Waals surface area contributed by atoms with Crippen molar-refractivity contribution < 1.29 is 4.79 Å². The average molecular weight is 389 g/mol. The molecule has 7 nitrogen and oxygen atoms in total. The van der Waals surface area contributed by atoms with Gasteiger partial charge in [0.25, 0.3) is 5.91 Å². The van der Waals surface area contributed by atoms with Crippen LogP contribution in [0.4, 0.5) is 0 Å². The lowest BCUT2D eigenvalue weighted by Crippen LogP contribution is -2.50. The second kappa shape index (κ2) is 12.3. The number of hydrogen-bond donors (Lipinski definition) is 3. The number of rotatable bonds is 8. The van der Waals surface area contributed by atoms with E-state index >= 15 is 0 Å². The van der Waals surface area contributed by atoms with Crippen LogP contribution >= 0.6 is 0 Å². The maximum absolute atomic E-state index is 12.0. The molecule has 1 unspecified atom stereocenters. The molecule has 28 heavy (non-hydrogen) atoms. The van der Waals surface area contributed by atoms with E-state index in [-0.39, 0.29) is 5.91 Å². The Morgan fingerprint density at radius 2 is 1.86 bits per heavy atom. The van der Waals surface area contributed by atoms with Gasteiger partial charge in [0.2, 0.25) is 0 Å². The predicted octanol–water partition coefficient (Wildman–Crippen LogP) is 1.88. The van der Waals surface area contributed by atoms with E-state index in [9.17, 15) is 4.79 Å². The number of hydrogen-bond acceptors (Lipinski definition) is 4. The molecule has 2 rings (SSSR count). The van der Waals surface area contributed by atoms with Gasteiger partial charge in [0.1, 0.15) is 0 Å². The smallest absolute Gasteiger partial charge is 0.252 e. The molecule has 0 radical (unpaired) electrons. The zero-order chi connectivity index (χ0) is 20.2. The summed E-state index contributed by atoms with van der Waals surface area (Å²) in [7, 11) is 1.78. The lowest BCUT2D eigenvalue weighted by Gasteiger charge is -2.34. The Morgan fingerprint density at radius 3 is 2.46 bits per heavy atom. The average Bonchev–Trinajstić information content (AvgIpc) is 2.99. The summed E-state index contributed by atoms with van der Waals surface area (Å²) in [5.41, 5.74) is 0.572. The minimum Gasteiger partial charge on any atom is -0.355 e. The standard InChI is InChI=1S/C21H36N6O/c1-17(2)19(27-13-6-4-5-7-14-27)16-26-21(22-3)25-12-11-24-20(28)18-9-8-10-23-15-18/h8-10,15,17,19H,4-7,11-14,16H2,1-3H3,(H,24,28)(H2,22,25,26). The molecule has 7 heteroatoms. The number of carbonyl (C=O) groups is 1. The first-order chi connectivity index (χ1) is 13.6. The van der Waals surface area contributed by atoms with E-state index < -0.39 is 0 Å². The van der Waals surface area contributed by atoms with Gasteiger partial charge in [-0.3, -0.25) is 19.7 Å². The topological polar surface area (TPSA) is 81.6 Å². The number of nitrogens with zero attached hydrogens (tertiary/aromatic N) is 3. The Hall–Kier alpha value is -2.15. The monoisotopic (exact) mass is 388 g/mol. The van der Waals surface area contributed by atoms with Gasteiger partial charge in [-0.2, -0.15) is 0 Å². The highest BCUT2D eigenvalue weighted by Crippen LogP contribution is 2.17. The third kappa shape index (κ3) is 7.46. The van der Waals surface area contributed by atoms with E-state index in [1.807, 2.05) is 0 Å². The van der Waals surface area contributed by atoms with E-state index in [0.29, 0.717) is 30.6 Å². The fraction of sp³-hybridized carbons (Fsp3) is 0.667. The van der Waals surface area contributed by atoms with Crippen molar-refractivity contribution in [2.24, 2.45) is 10.9 Å². The molecule has 1 aliphatic heterocycles. The SMILES string of the molecule is CN=C(NCCNC(=O)c1cccnc1)NCC(C(C)C)N1CCCCCC1. The Balaban J connectivity index is 1.72. The molecule has 1 aliphatic rings. The highest BCUT2D eigenvalue weighted by atomic mass is 16.1. The fourth-order valence-electron chi connectivity index (χ4n) is 3.59. The predicted molar refractivity (Wildman–Crippen MR) is 115 cm³/mol. The second-order valence-electron chi connectivity index (χ2n) is 7.64. The van der Waals surface area contributed by atoms with Crippen LogP contribution in [0.25, 0.3) is 0 Å². The minimum atomic E-state index is -0.112. The summed E-state index contributed by atoms with van der Waals surface area (Å²) in [5.74, 6) is 1.25. The van der Waals surface area contributed by atoms with Gasteiger partial charge in [0, 0.05) is 45.1 Å². The molecule has 1 atom stereocenters. The van der Waals surface area contributed by atoms with Crippen molar-refractivity contribution in [2.75, 3.05) is 39.8 Å². The molecular weight excluding hydrogens is 352 g/mol. The van der Waals surface area contributed by atoms with Gasteiger partial charge in [-0.15, -0.1) is 0 Å². The van der Waals surface area contributed by atoms with Crippen LogP contribution in [0.5, 0.6) is 0 Å². The van der Waals surface area contributed by atoms with Gasteiger partial charge in [0.15, 0.2) is 5.96 Å². The lowest BCUT2D eigenvalue weighted by atomic mass is 10.0. The zero-order valence-corrected chi connectivity index (χ0v) is 17.6. The van der Waals surface area contributed by atoms with E-state index in [2.05, 4.69) is 44.7 Å². The summed E-state index contributed by atoms with van der Waals surface area (Å²) >= 11 is 0. The normalized spacial score (nSPS) is 17.1. The van der Waals surface area contributed by atoms with E-state index in [1.165, 1.54) is 38.8 Å². The molecule has 0 aromatic carbocycles. The first kappa shape index (κ1) is 22.1. The number of guanidine groups is 1. The summed E-state index contributed by atoms with van der Waals surface area (Å²) in [6.45, 7) is 8.98. The van der Waals surface area contributed by atoms with Crippen molar-refractivity contribution in [3.63, 3.8) is 0 Å². The molecule has 1 saturated heterocycles. The largest absolute Gasteiger partial charge is 0.355 e. The van der Waals surface area contributed by atoms with Gasteiger partial charge < -0.3 is 16.0 Å². The molecule has 0 bridgehead atoms. The molecule has 3 N–H and O–H groups in total. The van der Waals surface area contributed by atoms with Crippen molar-refractivity contribution in [3.8, 4) is 0 Å². The third-order valence-electron chi connectivity index (χ3n) is 5.21. The number of amides is 1. The van der Waals surface area contributed by atoms with Crippen molar-refractivity contribution in [1.82, 2.24) is 25.8 Å². The highest BCUT2D eigenvalue weighted by Gasteiger charge is 2.22. The summed E-state index contributed by atoms with van der Waals surface area (Å²) in [6, 6.07) is 4.02. The quantitative estimate of drug-likeness (QED) is 0.360. The van der Waals surface area contributed by atoms with Crippen LogP contribution in [0.3, 0.4) is 0 Å². The van der Waals surface area contributed by atoms with Crippen LogP contribution in [-0.4, -0.2) is 67.6 Å². The Morgan fingerprint density at radius 1 is 1.14 bits per heavy atom. The first-order valence-electron chi connectivity index (χ1n) is 10.5. The maximum Gasteiger partial charge on any atom is 0.252 e. The minimum absolute atomic E-state index is 0.112. The number of nitrogens with one attached hydrogen (secondary N) is 3. The molecule has 0 aliphatic carbocycles. The molecule has 1 aromatic rings. The number of aromatic nitrogens is 1. The van der Waals surface area contributed by atoms with E-state index in [0.717, 1.165) is 12.5 Å². The number of aliphatic imine (C=N–C) groups is 1. The first-order valence-corrected chi connectivity index (χ1v) is 10.5. The van der Waals surface area contributed by atoms with Gasteiger partial charge >= 0.3 is 0 Å². The Bertz CT molecular complexity index is 596. The van der Waals surface area contributed by atoms with Crippen LogP contribution < -0.4 is 16.0 Å². The lowest BCUT2D eigenvalue weighted by molar-refractivity contribution is 0.0954. The van der Waals surface area contributed by atoms with Crippen molar-refractivity contribution >= 4 is 11.9 Å². The summed E-state index contributed by atoms with van der Waals surface area (Å²) in [4.78, 5) is 22.9. The summed E-state index contributed by atoms with van der Waals surface area (Å²) < 4.78 is 0. The van der Waals surface area contributed by atoms with Crippen LogP contribution in [0, 0.1) is 5.92 Å². The van der Waals surface area contributed by atoms with Gasteiger partial charge in [-0.05, 0) is 44.0 Å². The summed E-state index contributed by atoms with van der Waals surface area (Å²) in [6.07, 6.45) is 8.52. The van der Waals surface area contributed by atoms with Crippen molar-refractivity contribution in [1.29, 1.82) is 0 Å². The van der Waals surface area contributed by atoms with Gasteiger partial charge in [0.05, 0.1) is 5.56 Å². The zero-order valence-electron chi connectivity index (χ0n) is 17.6. The van der Waals surface area contributed by atoms with E-state index in [1.54, 1.807) is 31.6 Å². The molecule has 156 valence electrons. The van der Waals surface area contributed by atoms with Crippen LogP contribution in [0.15, 0.2) is 29.5 Å². The number of carbonyl (C=O) groups excluding carboxylic acids is 1. The Kier molecular flexibility index (Phi) is 9.76. The highest BCUT2D eigenvalue weighted by molar-refractivity contribution is 5.93. The molecule has 2 heterocycles. The maximum atomic E-state index is 12.0. The molecule has 0 spiro atoms. The van der Waals surface area contributed by atoms with Crippen LogP contribution in [0.2, 0.25) is 0 Å². The molecule has 0 saturated carbocycles. The van der Waals surface area contributed by atoms with Gasteiger partial charge in [-0.1, -0.05) is 26.7 Å². The van der Waals surface area contributed by atoms with Gasteiger partial charge in [-0.25, -0.2) is 0 Å². The second-order valence-corrected chi connectivity index (χ2v) is 7.64. The van der Waals surface area contributed by atoms with Crippen molar-refractivity contribution in [2.45, 2.75) is 45.6 Å². The molecular formula is C21H36N6O. The molecule has 1 aromatic heterocycles.